The highest BCUT2D eigenvalue weighted by Crippen LogP contribution is 2.22. The molecule has 1 rings (SSSR count). The number of ketones is 1. The first-order valence-corrected chi connectivity index (χ1v) is 5.97. The molecule has 0 atom stereocenters. The van der Waals surface area contributed by atoms with Crippen molar-refractivity contribution in [3.05, 3.63) is 23.8 Å². The van der Waals surface area contributed by atoms with Gasteiger partial charge in [0.05, 0.1) is 10.5 Å². The first-order valence-electron chi connectivity index (χ1n) is 4.53. The molecule has 0 aliphatic carbocycles. The number of hydrogen-bond donors (Lipinski definition) is 1. The molecule has 0 amide bonds. The molecular formula is C10H13NO4S. The minimum absolute atomic E-state index is 0.00271. The van der Waals surface area contributed by atoms with Crippen molar-refractivity contribution in [3.63, 3.8) is 0 Å². The Morgan fingerprint density at radius 2 is 1.88 bits per heavy atom. The van der Waals surface area contributed by atoms with Gasteiger partial charge < -0.3 is 5.11 Å². The Bertz CT molecular complexity index is 520. The summed E-state index contributed by atoms with van der Waals surface area (Å²) in [5, 5.41) is 9.38. The van der Waals surface area contributed by atoms with E-state index in [0.717, 1.165) is 4.31 Å². The number of phenols is 1. The molecule has 0 aliphatic heterocycles. The molecule has 0 aliphatic rings. The van der Waals surface area contributed by atoms with E-state index in [1.807, 2.05) is 0 Å². The molecular weight excluding hydrogens is 230 g/mol. The largest absolute Gasteiger partial charge is 0.507 e. The van der Waals surface area contributed by atoms with Gasteiger partial charge in [-0.15, -0.1) is 0 Å². The van der Waals surface area contributed by atoms with Gasteiger partial charge in [-0.25, -0.2) is 12.7 Å². The van der Waals surface area contributed by atoms with Crippen LogP contribution in [0.4, 0.5) is 0 Å². The van der Waals surface area contributed by atoms with Gasteiger partial charge in [0.25, 0.3) is 0 Å². The van der Waals surface area contributed by atoms with Crippen LogP contribution in [0.3, 0.4) is 0 Å². The molecule has 0 saturated carbocycles. The number of hydrogen-bond acceptors (Lipinski definition) is 4. The molecule has 0 unspecified atom stereocenters. The number of Topliss-reactive ketones (excluding diaryl/α,β-unsaturated/α-hetero) is 1. The van der Waals surface area contributed by atoms with Crippen molar-refractivity contribution in [2.75, 3.05) is 14.1 Å². The van der Waals surface area contributed by atoms with Gasteiger partial charge in [0.2, 0.25) is 10.0 Å². The fourth-order valence-corrected chi connectivity index (χ4v) is 2.10. The van der Waals surface area contributed by atoms with E-state index >= 15 is 0 Å². The van der Waals surface area contributed by atoms with Gasteiger partial charge in [-0.1, -0.05) is 0 Å². The fraction of sp³-hybridized carbons (Fsp3) is 0.300. The first kappa shape index (κ1) is 12.7. The van der Waals surface area contributed by atoms with Crippen LogP contribution < -0.4 is 0 Å². The van der Waals surface area contributed by atoms with Gasteiger partial charge in [0, 0.05) is 14.1 Å². The van der Waals surface area contributed by atoms with E-state index < -0.39 is 10.0 Å². The maximum Gasteiger partial charge on any atom is 0.242 e. The van der Waals surface area contributed by atoms with Crippen LogP contribution in [0.15, 0.2) is 23.1 Å². The van der Waals surface area contributed by atoms with Crippen molar-refractivity contribution in [1.82, 2.24) is 4.31 Å². The molecule has 0 aromatic heterocycles. The van der Waals surface area contributed by atoms with E-state index in [-0.39, 0.29) is 22.0 Å². The Morgan fingerprint density at radius 1 is 1.31 bits per heavy atom. The summed E-state index contributed by atoms with van der Waals surface area (Å²) in [7, 11) is -0.783. The van der Waals surface area contributed by atoms with Crippen molar-refractivity contribution in [2.24, 2.45) is 0 Å². The quantitative estimate of drug-likeness (QED) is 0.798. The van der Waals surface area contributed by atoms with E-state index in [0.29, 0.717) is 0 Å². The second kappa shape index (κ2) is 4.23. The highest BCUT2D eigenvalue weighted by atomic mass is 32.2. The zero-order chi connectivity index (χ0) is 12.5. The van der Waals surface area contributed by atoms with Crippen molar-refractivity contribution < 1.29 is 18.3 Å². The van der Waals surface area contributed by atoms with Gasteiger partial charge in [-0.3, -0.25) is 4.79 Å². The number of benzene rings is 1. The van der Waals surface area contributed by atoms with Crippen LogP contribution in [-0.4, -0.2) is 37.7 Å². The predicted octanol–water partition coefficient (Wildman–Crippen LogP) is 0.845. The molecule has 0 spiro atoms. The number of phenolic OH excluding ortho intramolecular Hbond substituents is 1. The molecule has 16 heavy (non-hydrogen) atoms. The lowest BCUT2D eigenvalue weighted by Gasteiger charge is -2.12. The van der Waals surface area contributed by atoms with Crippen LogP contribution in [0.1, 0.15) is 17.3 Å². The molecule has 1 aromatic rings. The van der Waals surface area contributed by atoms with Crippen molar-refractivity contribution in [2.45, 2.75) is 11.8 Å². The van der Waals surface area contributed by atoms with Crippen LogP contribution in [-0.2, 0) is 10.0 Å². The smallest absolute Gasteiger partial charge is 0.242 e. The third-order valence-electron chi connectivity index (χ3n) is 2.13. The molecule has 1 N–H and O–H groups in total. The van der Waals surface area contributed by atoms with Crippen LogP contribution in [0.2, 0.25) is 0 Å². The fourth-order valence-electron chi connectivity index (χ4n) is 1.17. The van der Waals surface area contributed by atoms with Crippen LogP contribution >= 0.6 is 0 Å². The molecule has 0 heterocycles. The lowest BCUT2D eigenvalue weighted by molar-refractivity contribution is 0.101. The monoisotopic (exact) mass is 243 g/mol. The van der Waals surface area contributed by atoms with Gasteiger partial charge in [0.1, 0.15) is 5.75 Å². The highest BCUT2D eigenvalue weighted by Gasteiger charge is 2.19. The van der Waals surface area contributed by atoms with E-state index in [1.54, 1.807) is 0 Å². The summed E-state index contributed by atoms with van der Waals surface area (Å²) < 4.78 is 24.5. The van der Waals surface area contributed by atoms with E-state index in [2.05, 4.69) is 0 Å². The molecule has 5 nitrogen and oxygen atoms in total. The third-order valence-corrected chi connectivity index (χ3v) is 3.94. The number of sulfonamides is 1. The second-order valence-electron chi connectivity index (χ2n) is 3.52. The SMILES string of the molecule is CC(=O)c1cc(S(=O)(=O)N(C)C)ccc1O. The summed E-state index contributed by atoms with van der Waals surface area (Å²) in [5.41, 5.74) is 0.00271. The summed E-state index contributed by atoms with van der Waals surface area (Å²) in [6, 6.07) is 3.64. The average Bonchev–Trinajstić information content (AvgIpc) is 2.17. The molecule has 0 bridgehead atoms. The number of rotatable bonds is 3. The zero-order valence-electron chi connectivity index (χ0n) is 9.26. The molecule has 88 valence electrons. The standard InChI is InChI=1S/C10H13NO4S/c1-7(12)9-6-8(4-5-10(9)13)16(14,15)11(2)3/h4-6,13H,1-3H3. The van der Waals surface area contributed by atoms with Crippen LogP contribution in [0, 0.1) is 0 Å². The van der Waals surface area contributed by atoms with E-state index in [9.17, 15) is 18.3 Å². The molecule has 0 saturated heterocycles. The summed E-state index contributed by atoms with van der Waals surface area (Å²) in [5.74, 6) is -0.599. The summed E-state index contributed by atoms with van der Waals surface area (Å²) >= 11 is 0. The maximum atomic E-state index is 11.8. The second-order valence-corrected chi connectivity index (χ2v) is 5.67. The number of aromatic hydroxyl groups is 1. The molecule has 6 heteroatoms. The Kier molecular flexibility index (Phi) is 3.35. The summed E-state index contributed by atoms with van der Waals surface area (Å²) in [6.07, 6.45) is 0. The minimum atomic E-state index is -3.58. The first-order chi connectivity index (χ1) is 7.26. The summed E-state index contributed by atoms with van der Waals surface area (Å²) in [6.45, 7) is 1.26. The van der Waals surface area contributed by atoms with E-state index in [4.69, 9.17) is 0 Å². The Hall–Kier alpha value is -1.40. The Labute approximate surface area is 94.4 Å². The van der Waals surface area contributed by atoms with Crippen molar-refractivity contribution >= 4 is 15.8 Å². The van der Waals surface area contributed by atoms with Crippen molar-refractivity contribution in [1.29, 1.82) is 0 Å². The predicted molar refractivity (Wildman–Crippen MR) is 59.0 cm³/mol. The number of carbonyl (C=O) groups is 1. The Morgan fingerprint density at radius 3 is 2.31 bits per heavy atom. The van der Waals surface area contributed by atoms with Gasteiger partial charge in [0.15, 0.2) is 5.78 Å². The molecule has 1 aromatic carbocycles. The average molecular weight is 243 g/mol. The van der Waals surface area contributed by atoms with Gasteiger partial charge in [-0.05, 0) is 25.1 Å². The summed E-state index contributed by atoms with van der Waals surface area (Å²) in [4.78, 5) is 11.1. The van der Waals surface area contributed by atoms with E-state index in [1.165, 1.54) is 39.2 Å². The maximum absolute atomic E-state index is 11.8. The van der Waals surface area contributed by atoms with Crippen molar-refractivity contribution in [3.8, 4) is 5.75 Å². The van der Waals surface area contributed by atoms with Crippen LogP contribution in [0.5, 0.6) is 5.75 Å². The lowest BCUT2D eigenvalue weighted by atomic mass is 10.1. The third kappa shape index (κ3) is 2.23. The van der Waals surface area contributed by atoms with Gasteiger partial charge >= 0.3 is 0 Å². The number of nitrogens with zero attached hydrogens (tertiary/aromatic N) is 1. The lowest BCUT2D eigenvalue weighted by Crippen LogP contribution is -2.22. The Balaban J connectivity index is 3.40. The normalized spacial score (nSPS) is 11.8. The number of carbonyl (C=O) groups excluding carboxylic acids is 1. The molecule has 0 radical (unpaired) electrons. The molecule has 0 fully saturated rings. The zero-order valence-corrected chi connectivity index (χ0v) is 10.1. The van der Waals surface area contributed by atoms with Gasteiger partial charge in [-0.2, -0.15) is 0 Å². The minimum Gasteiger partial charge on any atom is -0.507 e. The van der Waals surface area contributed by atoms with Crippen LogP contribution in [0.25, 0.3) is 0 Å². The topological polar surface area (TPSA) is 74.7 Å². The highest BCUT2D eigenvalue weighted by molar-refractivity contribution is 7.89.